The first kappa shape index (κ1) is 20.5. The maximum absolute atomic E-state index is 13.8. The van der Waals surface area contributed by atoms with Gasteiger partial charge in [0.2, 0.25) is 0 Å². The number of nitrogens with zero attached hydrogens (tertiary/aromatic N) is 5. The summed E-state index contributed by atoms with van der Waals surface area (Å²) in [6.45, 7) is 5.10. The van der Waals surface area contributed by atoms with Crippen molar-refractivity contribution < 1.29 is 4.39 Å². The summed E-state index contributed by atoms with van der Waals surface area (Å²) < 4.78 is 15.6. The average molecular weight is 425 g/mol. The summed E-state index contributed by atoms with van der Waals surface area (Å²) in [6.07, 6.45) is 9.81. The van der Waals surface area contributed by atoms with Crippen molar-refractivity contribution in [1.82, 2.24) is 19.6 Å². The third kappa shape index (κ3) is 3.71. The zero-order chi connectivity index (χ0) is 20.0. The molecule has 0 aromatic carbocycles. The number of hydrogen-bond acceptors (Lipinski definition) is 5. The Kier molecular flexibility index (Phi) is 5.60. The minimum absolute atomic E-state index is 0. The Morgan fingerprint density at radius 2 is 2.07 bits per heavy atom. The number of halogens is 1. The Morgan fingerprint density at radius 1 is 1.20 bits per heavy atom. The van der Waals surface area contributed by atoms with Crippen LogP contribution >= 0.6 is 13.5 Å². The van der Waals surface area contributed by atoms with Crippen LogP contribution in [0.2, 0.25) is 0 Å². The molecule has 0 unspecified atom stereocenters. The molecule has 0 amide bonds. The van der Waals surface area contributed by atoms with E-state index in [1.165, 1.54) is 23.4 Å². The molecule has 3 aromatic rings. The van der Waals surface area contributed by atoms with Crippen LogP contribution in [-0.2, 0) is 0 Å². The number of aromatic nitrogens is 4. The van der Waals surface area contributed by atoms with Gasteiger partial charge >= 0.3 is 0 Å². The first-order valence-corrected chi connectivity index (χ1v) is 10.1. The maximum Gasteiger partial charge on any atom is 0.161 e. The zero-order valence-corrected chi connectivity index (χ0v) is 18.1. The second-order valence-electron chi connectivity index (χ2n) is 8.09. The molecule has 1 atom stereocenters. The highest BCUT2D eigenvalue weighted by molar-refractivity contribution is 7.59. The standard InChI is InChI=1S/C22H23FN6.H2S/c1-13(2)19-12-26-29-21(27-18-4-3-14-8-24-9-15(14)6-18)7-20(28-22(19)29)16-5-17(23)11-25-10-16;/h5,7,9-13,18,27H,3-4,6,8H2,1-2H3;1H2/t18-;/m0./s1. The summed E-state index contributed by atoms with van der Waals surface area (Å²) in [5, 5.41) is 8.25. The lowest BCUT2D eigenvalue weighted by molar-refractivity contribution is 0.610. The SMILES string of the molecule is CC(C)c1cnn2c(N[C@H]3CCC4=C(C=NC4)C3)cc(-c3cncc(F)c3)nc12.S. The van der Waals surface area contributed by atoms with Crippen LogP contribution in [0.3, 0.4) is 0 Å². The second-order valence-corrected chi connectivity index (χ2v) is 8.09. The Labute approximate surface area is 181 Å². The summed E-state index contributed by atoms with van der Waals surface area (Å²) >= 11 is 0. The molecule has 30 heavy (non-hydrogen) atoms. The fraction of sp³-hybridized carbons (Fsp3) is 0.364. The number of anilines is 1. The van der Waals surface area contributed by atoms with E-state index in [9.17, 15) is 4.39 Å². The summed E-state index contributed by atoms with van der Waals surface area (Å²) in [7, 11) is 0. The normalized spacial score (nSPS) is 18.1. The molecule has 156 valence electrons. The van der Waals surface area contributed by atoms with Crippen LogP contribution < -0.4 is 5.32 Å². The molecule has 0 bridgehead atoms. The van der Waals surface area contributed by atoms with Crippen LogP contribution in [0.15, 0.2) is 46.9 Å². The van der Waals surface area contributed by atoms with Gasteiger partial charge in [-0.3, -0.25) is 9.98 Å². The molecular formula is C22H25FN6S. The third-order valence-electron chi connectivity index (χ3n) is 5.72. The number of fused-ring (bicyclic) bond motifs is 1. The molecule has 1 N–H and O–H groups in total. The van der Waals surface area contributed by atoms with E-state index in [2.05, 4.69) is 34.2 Å². The van der Waals surface area contributed by atoms with Gasteiger partial charge in [0, 0.05) is 35.6 Å². The summed E-state index contributed by atoms with van der Waals surface area (Å²) in [5.74, 6) is 0.777. The van der Waals surface area contributed by atoms with Crippen molar-refractivity contribution in [3.05, 3.63) is 53.3 Å². The van der Waals surface area contributed by atoms with Crippen LogP contribution in [-0.4, -0.2) is 38.4 Å². The minimum atomic E-state index is -0.372. The summed E-state index contributed by atoms with van der Waals surface area (Å²) in [4.78, 5) is 13.2. The lowest BCUT2D eigenvalue weighted by Gasteiger charge is -2.25. The average Bonchev–Trinajstić information content (AvgIpc) is 3.34. The first-order chi connectivity index (χ1) is 14.1. The summed E-state index contributed by atoms with van der Waals surface area (Å²) in [5.41, 5.74) is 6.03. The van der Waals surface area contributed by atoms with Gasteiger partial charge in [-0.2, -0.15) is 23.1 Å². The van der Waals surface area contributed by atoms with Gasteiger partial charge in [0.1, 0.15) is 11.6 Å². The highest BCUT2D eigenvalue weighted by Crippen LogP contribution is 2.31. The van der Waals surface area contributed by atoms with Crippen molar-refractivity contribution in [2.24, 2.45) is 4.99 Å². The molecule has 1 aliphatic heterocycles. The van der Waals surface area contributed by atoms with E-state index in [4.69, 9.17) is 4.98 Å². The predicted molar refractivity (Wildman–Crippen MR) is 122 cm³/mol. The smallest absolute Gasteiger partial charge is 0.161 e. The molecule has 6 nitrogen and oxygen atoms in total. The van der Waals surface area contributed by atoms with Gasteiger partial charge in [0.25, 0.3) is 0 Å². The third-order valence-corrected chi connectivity index (χ3v) is 5.72. The van der Waals surface area contributed by atoms with E-state index in [1.807, 2.05) is 23.0 Å². The van der Waals surface area contributed by atoms with E-state index in [0.29, 0.717) is 17.3 Å². The van der Waals surface area contributed by atoms with Crippen molar-refractivity contribution in [3.8, 4) is 11.3 Å². The lowest BCUT2D eigenvalue weighted by atomic mass is 9.90. The van der Waals surface area contributed by atoms with Crippen LogP contribution in [0.5, 0.6) is 0 Å². The molecule has 1 aliphatic carbocycles. The van der Waals surface area contributed by atoms with E-state index in [1.54, 1.807) is 6.20 Å². The Morgan fingerprint density at radius 3 is 2.87 bits per heavy atom. The maximum atomic E-state index is 13.8. The zero-order valence-electron chi connectivity index (χ0n) is 17.1. The van der Waals surface area contributed by atoms with Crippen molar-refractivity contribution in [3.63, 3.8) is 0 Å². The van der Waals surface area contributed by atoms with E-state index in [-0.39, 0.29) is 25.2 Å². The predicted octanol–water partition coefficient (Wildman–Crippen LogP) is 4.51. The van der Waals surface area contributed by atoms with E-state index in [0.717, 1.165) is 42.8 Å². The van der Waals surface area contributed by atoms with Gasteiger partial charge in [-0.05, 0) is 42.4 Å². The number of pyridine rings is 1. The van der Waals surface area contributed by atoms with Crippen molar-refractivity contribution in [2.45, 2.75) is 45.1 Å². The number of rotatable bonds is 4. The second kappa shape index (κ2) is 8.18. The largest absolute Gasteiger partial charge is 0.367 e. The number of aliphatic imine (C=N–C) groups is 1. The molecule has 0 saturated heterocycles. The van der Waals surface area contributed by atoms with Crippen molar-refractivity contribution in [2.75, 3.05) is 11.9 Å². The van der Waals surface area contributed by atoms with Crippen LogP contribution in [0.1, 0.15) is 44.6 Å². The monoisotopic (exact) mass is 424 g/mol. The van der Waals surface area contributed by atoms with Crippen molar-refractivity contribution in [1.29, 1.82) is 0 Å². The van der Waals surface area contributed by atoms with Gasteiger partial charge in [-0.25, -0.2) is 9.37 Å². The van der Waals surface area contributed by atoms with Crippen LogP contribution in [0.4, 0.5) is 10.2 Å². The highest BCUT2D eigenvalue weighted by atomic mass is 32.1. The highest BCUT2D eigenvalue weighted by Gasteiger charge is 2.24. The quantitative estimate of drug-likeness (QED) is 0.669. The molecule has 3 aromatic heterocycles. The van der Waals surface area contributed by atoms with E-state index < -0.39 is 0 Å². The molecule has 0 radical (unpaired) electrons. The van der Waals surface area contributed by atoms with Gasteiger partial charge in [-0.1, -0.05) is 13.8 Å². The van der Waals surface area contributed by atoms with Crippen LogP contribution in [0, 0.1) is 5.82 Å². The summed E-state index contributed by atoms with van der Waals surface area (Å²) in [6, 6.07) is 3.70. The lowest BCUT2D eigenvalue weighted by Crippen LogP contribution is -2.25. The molecular weight excluding hydrogens is 399 g/mol. The fourth-order valence-electron chi connectivity index (χ4n) is 4.13. The molecule has 8 heteroatoms. The molecule has 0 saturated carbocycles. The van der Waals surface area contributed by atoms with Gasteiger partial charge in [0.15, 0.2) is 5.65 Å². The van der Waals surface area contributed by atoms with Gasteiger partial charge in [0.05, 0.1) is 24.6 Å². The molecule has 0 spiro atoms. The molecule has 2 aliphatic rings. The molecule has 4 heterocycles. The minimum Gasteiger partial charge on any atom is -0.367 e. The Bertz CT molecular complexity index is 1150. The topological polar surface area (TPSA) is 67.5 Å². The van der Waals surface area contributed by atoms with Gasteiger partial charge < -0.3 is 5.32 Å². The number of nitrogens with one attached hydrogen (secondary N) is 1. The number of hydrogen-bond donors (Lipinski definition) is 1. The molecule has 5 rings (SSSR count). The van der Waals surface area contributed by atoms with E-state index >= 15 is 0 Å². The van der Waals surface area contributed by atoms with Crippen molar-refractivity contribution >= 4 is 31.2 Å². The Hall–Kier alpha value is -2.74. The first-order valence-electron chi connectivity index (χ1n) is 10.1. The van der Waals surface area contributed by atoms with Gasteiger partial charge in [-0.15, -0.1) is 0 Å². The Balaban J connectivity index is 0.00000218. The molecule has 0 fully saturated rings. The van der Waals surface area contributed by atoms with Crippen LogP contribution in [0.25, 0.3) is 16.9 Å². The fourth-order valence-corrected chi connectivity index (χ4v) is 4.13.